The number of Topliss-reactive ketones (excluding diaryl/α,β-unsaturated/α-hetero) is 1. The molecule has 3 aromatic rings. The molecule has 180 valence electrons. The fourth-order valence-corrected chi connectivity index (χ4v) is 5.08. The van der Waals surface area contributed by atoms with E-state index in [4.69, 9.17) is 18.7 Å². The van der Waals surface area contributed by atoms with Gasteiger partial charge < -0.3 is 24.1 Å². The number of carbonyl (C=O) groups is 2. The monoisotopic (exact) mass is 474 g/mol. The number of esters is 1. The standard InChI is InChI=1S/C27H26N2O6/c1-14-23-24(15-5-7-16(8-6-15)27(31)34-4)25-19(28-26(23)35-29-14)11-18(12-20(25)30)17-9-10-21(32-2)22(13-17)33-3/h5-10,13,18,24,28H,11-12H2,1-4H3. The van der Waals surface area contributed by atoms with Crippen LogP contribution in [0.1, 0.15) is 57.4 Å². The summed E-state index contributed by atoms with van der Waals surface area (Å²) in [5.74, 6) is 1.11. The number of anilines is 1. The number of hydrogen-bond acceptors (Lipinski definition) is 8. The van der Waals surface area contributed by atoms with Crippen LogP contribution in [0.4, 0.5) is 5.88 Å². The molecule has 1 aliphatic carbocycles. The molecule has 0 bridgehead atoms. The number of ether oxygens (including phenoxy) is 3. The van der Waals surface area contributed by atoms with Crippen molar-refractivity contribution in [2.45, 2.75) is 31.6 Å². The minimum absolute atomic E-state index is 0.0264. The quantitative estimate of drug-likeness (QED) is 0.529. The maximum absolute atomic E-state index is 13.7. The van der Waals surface area contributed by atoms with Gasteiger partial charge in [-0.1, -0.05) is 23.4 Å². The summed E-state index contributed by atoms with van der Waals surface area (Å²) in [5.41, 5.74) is 5.44. The molecule has 2 aliphatic rings. The first kappa shape index (κ1) is 22.7. The average molecular weight is 475 g/mol. The minimum Gasteiger partial charge on any atom is -0.493 e. The zero-order chi connectivity index (χ0) is 24.7. The van der Waals surface area contributed by atoms with Gasteiger partial charge >= 0.3 is 5.97 Å². The molecule has 0 amide bonds. The highest BCUT2D eigenvalue weighted by Gasteiger charge is 2.41. The van der Waals surface area contributed by atoms with E-state index in [1.165, 1.54) is 7.11 Å². The fourth-order valence-electron chi connectivity index (χ4n) is 5.08. The van der Waals surface area contributed by atoms with E-state index in [-0.39, 0.29) is 17.6 Å². The molecule has 1 aliphatic heterocycles. The molecule has 2 unspecified atom stereocenters. The molecule has 8 nitrogen and oxygen atoms in total. The summed E-state index contributed by atoms with van der Waals surface area (Å²) in [6.45, 7) is 1.87. The van der Waals surface area contributed by atoms with E-state index in [1.807, 2.05) is 37.3 Å². The first-order valence-electron chi connectivity index (χ1n) is 11.3. The Balaban J connectivity index is 1.55. The highest BCUT2D eigenvalue weighted by Crippen LogP contribution is 2.49. The minimum atomic E-state index is -0.407. The summed E-state index contributed by atoms with van der Waals surface area (Å²) in [4.78, 5) is 25.6. The molecule has 2 heterocycles. The number of hydrogen-bond donors (Lipinski definition) is 1. The van der Waals surface area contributed by atoms with Gasteiger partial charge in [-0.25, -0.2) is 4.79 Å². The largest absolute Gasteiger partial charge is 0.493 e. The van der Waals surface area contributed by atoms with Gasteiger partial charge in [0.2, 0.25) is 5.88 Å². The van der Waals surface area contributed by atoms with Crippen LogP contribution < -0.4 is 14.8 Å². The van der Waals surface area contributed by atoms with Gasteiger partial charge in [0.05, 0.1) is 38.2 Å². The van der Waals surface area contributed by atoms with E-state index in [9.17, 15) is 9.59 Å². The molecule has 0 fully saturated rings. The molecule has 2 aromatic carbocycles. The van der Waals surface area contributed by atoms with Crippen molar-refractivity contribution in [1.82, 2.24) is 5.16 Å². The molecule has 2 atom stereocenters. The van der Waals surface area contributed by atoms with Crippen LogP contribution >= 0.6 is 0 Å². The molecule has 0 saturated heterocycles. The molecular formula is C27H26N2O6. The van der Waals surface area contributed by atoms with E-state index in [0.717, 1.165) is 28.1 Å². The molecule has 35 heavy (non-hydrogen) atoms. The number of nitrogens with one attached hydrogen (secondary N) is 1. The van der Waals surface area contributed by atoms with E-state index in [0.29, 0.717) is 41.4 Å². The highest BCUT2D eigenvalue weighted by molar-refractivity contribution is 6.01. The lowest BCUT2D eigenvalue weighted by Gasteiger charge is -2.34. The molecule has 0 saturated carbocycles. The number of carbonyl (C=O) groups excluding carboxylic acids is 2. The van der Waals surface area contributed by atoms with Gasteiger partial charge in [-0.05, 0) is 54.7 Å². The Labute approximate surface area is 202 Å². The van der Waals surface area contributed by atoms with E-state index >= 15 is 0 Å². The fraction of sp³-hybridized carbons (Fsp3) is 0.296. The van der Waals surface area contributed by atoms with E-state index < -0.39 is 5.97 Å². The lowest BCUT2D eigenvalue weighted by atomic mass is 9.72. The second-order valence-electron chi connectivity index (χ2n) is 8.72. The van der Waals surface area contributed by atoms with Gasteiger partial charge in [0, 0.05) is 23.6 Å². The number of methoxy groups -OCH3 is 3. The second-order valence-corrected chi connectivity index (χ2v) is 8.72. The van der Waals surface area contributed by atoms with Crippen molar-refractivity contribution in [1.29, 1.82) is 0 Å². The van der Waals surface area contributed by atoms with Crippen LogP contribution in [-0.4, -0.2) is 38.2 Å². The number of fused-ring (bicyclic) bond motifs is 1. The second kappa shape index (κ2) is 8.94. The van der Waals surface area contributed by atoms with Crippen molar-refractivity contribution < 1.29 is 28.3 Å². The van der Waals surface area contributed by atoms with Crippen molar-refractivity contribution in [3.8, 4) is 11.5 Å². The van der Waals surface area contributed by atoms with Gasteiger partial charge in [0.1, 0.15) is 0 Å². The third-order valence-electron chi connectivity index (χ3n) is 6.80. The summed E-state index contributed by atoms with van der Waals surface area (Å²) in [6.07, 6.45) is 0.999. The highest BCUT2D eigenvalue weighted by atomic mass is 16.5. The van der Waals surface area contributed by atoms with Crippen LogP contribution in [0, 0.1) is 6.92 Å². The van der Waals surface area contributed by atoms with Gasteiger partial charge in [0.15, 0.2) is 17.3 Å². The third kappa shape index (κ3) is 3.84. The van der Waals surface area contributed by atoms with Crippen LogP contribution in [0.3, 0.4) is 0 Å². The summed E-state index contributed by atoms with van der Waals surface area (Å²) in [6, 6.07) is 12.9. The average Bonchev–Trinajstić information content (AvgIpc) is 3.26. The van der Waals surface area contributed by atoms with Crippen LogP contribution in [0.15, 0.2) is 58.3 Å². The smallest absolute Gasteiger partial charge is 0.337 e. The Bertz CT molecular complexity index is 1340. The first-order chi connectivity index (χ1) is 16.9. The van der Waals surface area contributed by atoms with Gasteiger partial charge in [-0.2, -0.15) is 0 Å². The summed E-state index contributed by atoms with van der Waals surface area (Å²) in [5, 5.41) is 7.49. The van der Waals surface area contributed by atoms with Crippen molar-refractivity contribution in [2.24, 2.45) is 0 Å². The topological polar surface area (TPSA) is 99.9 Å². The van der Waals surface area contributed by atoms with Crippen LogP contribution in [0.5, 0.6) is 11.5 Å². The van der Waals surface area contributed by atoms with Crippen molar-refractivity contribution in [2.75, 3.05) is 26.6 Å². The van der Waals surface area contributed by atoms with Crippen LogP contribution in [0.25, 0.3) is 0 Å². The first-order valence-corrected chi connectivity index (χ1v) is 11.3. The Morgan fingerprint density at radius 1 is 1.00 bits per heavy atom. The van der Waals surface area contributed by atoms with Crippen molar-refractivity contribution >= 4 is 17.6 Å². The van der Waals surface area contributed by atoms with Gasteiger partial charge in [-0.3, -0.25) is 4.79 Å². The number of aromatic nitrogens is 1. The number of nitrogens with zero attached hydrogens (tertiary/aromatic N) is 1. The number of ketones is 1. The molecule has 1 aromatic heterocycles. The molecule has 5 rings (SSSR count). The molecule has 0 radical (unpaired) electrons. The number of benzene rings is 2. The Hall–Kier alpha value is -4.07. The summed E-state index contributed by atoms with van der Waals surface area (Å²) >= 11 is 0. The van der Waals surface area contributed by atoms with Gasteiger partial charge in [-0.15, -0.1) is 0 Å². The summed E-state index contributed by atoms with van der Waals surface area (Å²) < 4.78 is 21.2. The Kier molecular flexibility index (Phi) is 5.80. The lowest BCUT2D eigenvalue weighted by Crippen LogP contribution is -2.29. The molecule has 1 N–H and O–H groups in total. The number of rotatable bonds is 5. The predicted molar refractivity (Wildman–Crippen MR) is 128 cm³/mol. The Morgan fingerprint density at radius 3 is 2.40 bits per heavy atom. The van der Waals surface area contributed by atoms with E-state index in [2.05, 4.69) is 10.5 Å². The van der Waals surface area contributed by atoms with Crippen LogP contribution in [0.2, 0.25) is 0 Å². The normalized spacial score (nSPS) is 18.9. The van der Waals surface area contributed by atoms with Crippen molar-refractivity contribution in [3.05, 3.63) is 81.7 Å². The SMILES string of the molecule is COC(=O)c1ccc(C2C3=C(CC(c4ccc(OC)c(OC)c4)CC3=O)Nc3onc(C)c32)cc1. The zero-order valence-corrected chi connectivity index (χ0v) is 20.0. The third-order valence-corrected chi connectivity index (χ3v) is 6.80. The van der Waals surface area contributed by atoms with E-state index in [1.54, 1.807) is 26.4 Å². The summed E-state index contributed by atoms with van der Waals surface area (Å²) in [7, 11) is 4.54. The molecule has 8 heteroatoms. The lowest BCUT2D eigenvalue weighted by molar-refractivity contribution is -0.116. The molecule has 0 spiro atoms. The van der Waals surface area contributed by atoms with Crippen molar-refractivity contribution in [3.63, 3.8) is 0 Å². The van der Waals surface area contributed by atoms with Gasteiger partial charge in [0.25, 0.3) is 0 Å². The maximum Gasteiger partial charge on any atom is 0.337 e. The Morgan fingerprint density at radius 2 is 1.71 bits per heavy atom. The molecular weight excluding hydrogens is 448 g/mol. The predicted octanol–water partition coefficient (Wildman–Crippen LogP) is 4.75. The zero-order valence-electron chi connectivity index (χ0n) is 20.0. The number of allylic oxidation sites excluding steroid dienone is 2. The number of aryl methyl sites for hydroxylation is 1. The maximum atomic E-state index is 13.7. The van der Waals surface area contributed by atoms with Crippen LogP contribution in [-0.2, 0) is 9.53 Å².